The lowest BCUT2D eigenvalue weighted by Crippen LogP contribution is -2.01. The normalized spacial score (nSPS) is 11.6. The summed E-state index contributed by atoms with van der Waals surface area (Å²) in [5, 5.41) is 9.60. The molecule has 0 atom stereocenters. The summed E-state index contributed by atoms with van der Waals surface area (Å²) in [5.41, 5.74) is 7.58. The van der Waals surface area contributed by atoms with E-state index in [1.807, 2.05) is 0 Å². The van der Waals surface area contributed by atoms with E-state index in [1.54, 1.807) is 11.3 Å². The van der Waals surface area contributed by atoms with Crippen LogP contribution in [-0.4, -0.2) is 15.0 Å². The monoisotopic (exact) mass is 717 g/mol. The quantitative estimate of drug-likeness (QED) is 0.178. The van der Waals surface area contributed by atoms with Crippen LogP contribution in [0, 0.1) is 0 Å². The molecular formula is C51H31N3S. The van der Waals surface area contributed by atoms with Gasteiger partial charge in [-0.15, -0.1) is 11.3 Å². The number of benzene rings is 9. The highest BCUT2D eigenvalue weighted by atomic mass is 32.1. The molecule has 0 amide bonds. The predicted octanol–water partition coefficient (Wildman–Crippen LogP) is 14.0. The molecule has 4 heteroatoms. The molecule has 2 heterocycles. The maximum absolute atomic E-state index is 5.32. The fourth-order valence-corrected chi connectivity index (χ4v) is 9.29. The number of hydrogen-bond donors (Lipinski definition) is 0. The van der Waals surface area contributed by atoms with Gasteiger partial charge in [0.2, 0.25) is 0 Å². The third kappa shape index (κ3) is 5.38. The summed E-state index contributed by atoms with van der Waals surface area (Å²) >= 11 is 1.79. The predicted molar refractivity (Wildman–Crippen MR) is 232 cm³/mol. The van der Waals surface area contributed by atoms with Gasteiger partial charge in [-0.1, -0.05) is 158 Å². The van der Waals surface area contributed by atoms with Crippen LogP contribution in [0.2, 0.25) is 0 Å². The van der Waals surface area contributed by atoms with Crippen LogP contribution in [0.25, 0.3) is 109 Å². The van der Waals surface area contributed by atoms with Gasteiger partial charge >= 0.3 is 0 Å². The molecule has 55 heavy (non-hydrogen) atoms. The summed E-state index contributed by atoms with van der Waals surface area (Å²) in [6, 6.07) is 66.9. The summed E-state index contributed by atoms with van der Waals surface area (Å²) < 4.78 is 2.42. The third-order valence-electron chi connectivity index (χ3n) is 10.7. The zero-order valence-corrected chi connectivity index (χ0v) is 30.5. The number of rotatable bonds is 5. The Balaban J connectivity index is 1.13. The Labute approximate surface area is 321 Å². The van der Waals surface area contributed by atoms with E-state index in [4.69, 9.17) is 15.0 Å². The van der Waals surface area contributed by atoms with Gasteiger partial charge in [0, 0.05) is 36.9 Å². The van der Waals surface area contributed by atoms with Crippen molar-refractivity contribution in [1.29, 1.82) is 0 Å². The van der Waals surface area contributed by atoms with E-state index in [2.05, 4.69) is 188 Å². The van der Waals surface area contributed by atoms with E-state index in [9.17, 15) is 0 Å². The van der Waals surface area contributed by atoms with Crippen molar-refractivity contribution >= 4 is 63.8 Å². The maximum Gasteiger partial charge on any atom is 0.165 e. The Morgan fingerprint density at radius 2 is 0.836 bits per heavy atom. The average Bonchev–Trinajstić information content (AvgIpc) is 3.64. The Bertz CT molecular complexity index is 3280. The molecule has 0 aliphatic heterocycles. The van der Waals surface area contributed by atoms with Crippen LogP contribution in [0.1, 0.15) is 0 Å². The molecule has 3 nitrogen and oxygen atoms in total. The first-order valence-electron chi connectivity index (χ1n) is 18.5. The van der Waals surface area contributed by atoms with Gasteiger partial charge in [-0.3, -0.25) is 0 Å². The molecule has 0 N–H and O–H groups in total. The minimum Gasteiger partial charge on any atom is -0.208 e. The molecule has 0 saturated heterocycles. The van der Waals surface area contributed by atoms with Crippen LogP contribution in [0.5, 0.6) is 0 Å². The molecule has 11 rings (SSSR count). The van der Waals surface area contributed by atoms with Gasteiger partial charge in [-0.05, 0) is 84.9 Å². The first-order valence-corrected chi connectivity index (χ1v) is 19.3. The van der Waals surface area contributed by atoms with E-state index < -0.39 is 0 Å². The molecule has 11 aromatic rings. The van der Waals surface area contributed by atoms with Gasteiger partial charge in [-0.25, -0.2) is 15.0 Å². The molecule has 256 valence electrons. The molecule has 9 aromatic carbocycles. The molecule has 0 spiro atoms. The van der Waals surface area contributed by atoms with E-state index >= 15 is 0 Å². The smallest absolute Gasteiger partial charge is 0.165 e. The second-order valence-corrected chi connectivity index (χ2v) is 15.0. The van der Waals surface area contributed by atoms with Crippen LogP contribution in [0.4, 0.5) is 0 Å². The molecule has 0 bridgehead atoms. The molecule has 2 aromatic heterocycles. The average molecular weight is 718 g/mol. The Hall–Kier alpha value is -7.01. The van der Waals surface area contributed by atoms with Crippen molar-refractivity contribution in [3.8, 4) is 56.4 Å². The van der Waals surface area contributed by atoms with Crippen LogP contribution >= 0.6 is 11.3 Å². The van der Waals surface area contributed by atoms with E-state index in [1.165, 1.54) is 58.4 Å². The first kappa shape index (κ1) is 31.5. The molecule has 0 fully saturated rings. The molecular weight excluding hydrogens is 687 g/mol. The molecule has 0 radical (unpaired) electrons. The van der Waals surface area contributed by atoms with Crippen LogP contribution in [0.3, 0.4) is 0 Å². The summed E-state index contributed by atoms with van der Waals surface area (Å²) in [6.45, 7) is 0. The highest BCUT2D eigenvalue weighted by Crippen LogP contribution is 2.41. The van der Waals surface area contributed by atoms with Gasteiger partial charge in [0.25, 0.3) is 0 Å². The number of nitrogens with zero attached hydrogens (tertiary/aromatic N) is 3. The first-order chi connectivity index (χ1) is 27.2. The molecule has 0 saturated carbocycles. The SMILES string of the molecule is c1cc(-c2nc(-c3ccc(-c4ccc5ccccc5c4)c4ccccc34)nc(-c3cccc4c3sc3ccccc34)n2)cc(-c2cccc3ccccc23)c1. The van der Waals surface area contributed by atoms with Gasteiger partial charge in [0.15, 0.2) is 17.5 Å². The van der Waals surface area contributed by atoms with Crippen molar-refractivity contribution in [1.82, 2.24) is 15.0 Å². The number of aromatic nitrogens is 3. The fraction of sp³-hybridized carbons (Fsp3) is 0. The standard InChI is InChI=1S/C51H31N3S/c1-2-14-34-30-36(27-26-32(34)12-1)40-28-29-45(42-20-6-5-19-41(40)42)50-52-49(37-17-9-16-35(31-37)39-22-10-15-33-13-3-4-18-38(33)39)53-51(54-50)46-24-11-23-44-43-21-7-8-25-47(43)55-48(44)46/h1-31H. The van der Waals surface area contributed by atoms with Crippen molar-refractivity contribution in [2.24, 2.45) is 0 Å². The summed E-state index contributed by atoms with van der Waals surface area (Å²) in [5.74, 6) is 1.95. The molecule has 0 aliphatic rings. The van der Waals surface area contributed by atoms with Crippen LogP contribution < -0.4 is 0 Å². The third-order valence-corrected chi connectivity index (χ3v) is 11.9. The number of fused-ring (bicyclic) bond motifs is 6. The van der Waals surface area contributed by atoms with Gasteiger partial charge in [0.05, 0.1) is 0 Å². The zero-order valence-electron chi connectivity index (χ0n) is 29.6. The van der Waals surface area contributed by atoms with E-state index in [0.717, 1.165) is 33.0 Å². The van der Waals surface area contributed by atoms with E-state index in [0.29, 0.717) is 17.5 Å². The summed E-state index contributed by atoms with van der Waals surface area (Å²) in [6.07, 6.45) is 0. The largest absolute Gasteiger partial charge is 0.208 e. The van der Waals surface area contributed by atoms with Crippen molar-refractivity contribution in [3.63, 3.8) is 0 Å². The minimum absolute atomic E-state index is 0.642. The maximum atomic E-state index is 5.32. The van der Waals surface area contributed by atoms with E-state index in [-0.39, 0.29) is 0 Å². The summed E-state index contributed by atoms with van der Waals surface area (Å²) in [4.78, 5) is 15.9. The van der Waals surface area contributed by atoms with Crippen molar-refractivity contribution in [3.05, 3.63) is 188 Å². The topological polar surface area (TPSA) is 38.7 Å². The van der Waals surface area contributed by atoms with Crippen molar-refractivity contribution in [2.45, 2.75) is 0 Å². The lowest BCUT2D eigenvalue weighted by atomic mass is 9.93. The van der Waals surface area contributed by atoms with Gasteiger partial charge < -0.3 is 0 Å². The number of hydrogen-bond acceptors (Lipinski definition) is 4. The highest BCUT2D eigenvalue weighted by Gasteiger charge is 2.19. The second kappa shape index (κ2) is 12.8. The molecule has 0 unspecified atom stereocenters. The van der Waals surface area contributed by atoms with Crippen LogP contribution in [-0.2, 0) is 0 Å². The lowest BCUT2D eigenvalue weighted by Gasteiger charge is -2.14. The fourth-order valence-electron chi connectivity index (χ4n) is 8.07. The Kier molecular flexibility index (Phi) is 7.35. The van der Waals surface area contributed by atoms with Crippen LogP contribution in [0.15, 0.2) is 188 Å². The minimum atomic E-state index is 0.642. The second-order valence-electron chi connectivity index (χ2n) is 14.0. The zero-order chi connectivity index (χ0) is 36.3. The molecule has 0 aliphatic carbocycles. The van der Waals surface area contributed by atoms with Gasteiger partial charge in [-0.2, -0.15) is 0 Å². The Morgan fingerprint density at radius 1 is 0.291 bits per heavy atom. The summed E-state index contributed by atoms with van der Waals surface area (Å²) in [7, 11) is 0. The van der Waals surface area contributed by atoms with Gasteiger partial charge in [0.1, 0.15) is 0 Å². The lowest BCUT2D eigenvalue weighted by molar-refractivity contribution is 1.08. The highest BCUT2D eigenvalue weighted by molar-refractivity contribution is 7.26. The number of thiophene rings is 1. The van der Waals surface area contributed by atoms with Crippen molar-refractivity contribution in [2.75, 3.05) is 0 Å². The van der Waals surface area contributed by atoms with Crippen molar-refractivity contribution < 1.29 is 0 Å². The Morgan fingerprint density at radius 3 is 1.71 bits per heavy atom.